The van der Waals surface area contributed by atoms with Gasteiger partial charge in [-0.05, 0) is 6.42 Å². The first-order valence-corrected chi connectivity index (χ1v) is 5.35. The van der Waals surface area contributed by atoms with Gasteiger partial charge < -0.3 is 20.1 Å². The lowest BCUT2D eigenvalue weighted by molar-refractivity contribution is -0.133. The Balaban J connectivity index is 2.18. The Morgan fingerprint density at radius 2 is 2.44 bits per heavy atom. The van der Waals surface area contributed by atoms with Crippen LogP contribution in [0.4, 0.5) is 0 Å². The summed E-state index contributed by atoms with van der Waals surface area (Å²) in [4.78, 5) is 24.1. The van der Waals surface area contributed by atoms with Crippen LogP contribution in [-0.4, -0.2) is 61.3 Å². The molecule has 1 atom stereocenters. The number of likely N-dealkylation sites (tertiary alicyclic amines) is 1. The van der Waals surface area contributed by atoms with E-state index in [9.17, 15) is 14.7 Å². The number of carbonyl (C=O) groups excluding carboxylic acids is 2. The van der Waals surface area contributed by atoms with E-state index in [0.717, 1.165) is 6.42 Å². The molecule has 2 N–H and O–H groups in total. The number of rotatable bonds is 6. The maximum atomic E-state index is 11.4. The SMILES string of the molecule is COCC(O)CNC(=O)CN1CCCC1=O. The summed E-state index contributed by atoms with van der Waals surface area (Å²) in [6.45, 7) is 1.06. The van der Waals surface area contributed by atoms with Crippen molar-refractivity contribution in [3.63, 3.8) is 0 Å². The van der Waals surface area contributed by atoms with Crippen molar-refractivity contribution in [1.29, 1.82) is 0 Å². The third-order valence-electron chi connectivity index (χ3n) is 2.40. The zero-order valence-corrected chi connectivity index (χ0v) is 9.44. The molecule has 0 saturated carbocycles. The highest BCUT2D eigenvalue weighted by Crippen LogP contribution is 2.08. The summed E-state index contributed by atoms with van der Waals surface area (Å²) in [7, 11) is 1.48. The Hall–Kier alpha value is -1.14. The van der Waals surface area contributed by atoms with Crippen molar-refractivity contribution in [1.82, 2.24) is 10.2 Å². The van der Waals surface area contributed by atoms with Gasteiger partial charge in [-0.2, -0.15) is 0 Å². The van der Waals surface area contributed by atoms with Crippen molar-refractivity contribution in [3.8, 4) is 0 Å². The van der Waals surface area contributed by atoms with Crippen molar-refractivity contribution < 1.29 is 19.4 Å². The van der Waals surface area contributed by atoms with Crippen LogP contribution >= 0.6 is 0 Å². The number of amides is 2. The van der Waals surface area contributed by atoms with Crippen molar-refractivity contribution in [2.24, 2.45) is 0 Å². The fourth-order valence-electron chi connectivity index (χ4n) is 1.58. The van der Waals surface area contributed by atoms with E-state index in [2.05, 4.69) is 5.32 Å². The highest BCUT2D eigenvalue weighted by molar-refractivity contribution is 5.85. The predicted molar refractivity (Wildman–Crippen MR) is 56.7 cm³/mol. The Labute approximate surface area is 94.6 Å². The molecule has 0 aromatic carbocycles. The summed E-state index contributed by atoms with van der Waals surface area (Å²) in [5, 5.41) is 11.8. The molecule has 2 amide bonds. The van der Waals surface area contributed by atoms with Gasteiger partial charge in [0.15, 0.2) is 0 Å². The lowest BCUT2D eigenvalue weighted by atomic mass is 10.3. The third-order valence-corrected chi connectivity index (χ3v) is 2.40. The van der Waals surface area contributed by atoms with Crippen molar-refractivity contribution in [2.45, 2.75) is 18.9 Å². The number of ether oxygens (including phenoxy) is 1. The van der Waals surface area contributed by atoms with Gasteiger partial charge in [-0.1, -0.05) is 0 Å². The zero-order valence-electron chi connectivity index (χ0n) is 9.44. The molecule has 1 unspecified atom stereocenters. The summed E-state index contributed by atoms with van der Waals surface area (Å²) in [6, 6.07) is 0. The van der Waals surface area contributed by atoms with Gasteiger partial charge >= 0.3 is 0 Å². The van der Waals surface area contributed by atoms with E-state index >= 15 is 0 Å². The van der Waals surface area contributed by atoms with E-state index in [1.165, 1.54) is 12.0 Å². The monoisotopic (exact) mass is 230 g/mol. The molecule has 1 heterocycles. The number of nitrogens with zero attached hydrogens (tertiary/aromatic N) is 1. The minimum Gasteiger partial charge on any atom is -0.389 e. The standard InChI is InChI=1S/C10H18N2O4/c1-16-7-8(13)5-11-9(14)6-12-4-2-3-10(12)15/h8,13H,2-7H2,1H3,(H,11,14). The molecule has 0 bridgehead atoms. The smallest absolute Gasteiger partial charge is 0.239 e. The molecule has 1 aliphatic heterocycles. The summed E-state index contributed by atoms with van der Waals surface area (Å²) < 4.78 is 4.72. The fraction of sp³-hybridized carbons (Fsp3) is 0.800. The number of hydrogen-bond donors (Lipinski definition) is 2. The first kappa shape index (κ1) is 12.9. The Kier molecular flexibility index (Phi) is 5.21. The number of aliphatic hydroxyl groups excluding tert-OH is 1. The zero-order chi connectivity index (χ0) is 12.0. The first-order valence-electron chi connectivity index (χ1n) is 5.35. The largest absolute Gasteiger partial charge is 0.389 e. The first-order chi connectivity index (χ1) is 7.63. The average molecular weight is 230 g/mol. The molecular weight excluding hydrogens is 212 g/mol. The fourth-order valence-corrected chi connectivity index (χ4v) is 1.58. The molecule has 0 aromatic heterocycles. The van der Waals surface area contributed by atoms with Gasteiger partial charge in [0.05, 0.1) is 19.3 Å². The van der Waals surface area contributed by atoms with Crippen LogP contribution in [0.3, 0.4) is 0 Å². The quantitative estimate of drug-likeness (QED) is 0.596. The summed E-state index contributed by atoms with van der Waals surface area (Å²) in [5.74, 6) is -0.224. The molecule has 6 heteroatoms. The summed E-state index contributed by atoms with van der Waals surface area (Å²) in [6.07, 6.45) is 0.640. The maximum absolute atomic E-state index is 11.4. The lowest BCUT2D eigenvalue weighted by Crippen LogP contribution is -2.41. The molecule has 16 heavy (non-hydrogen) atoms. The van der Waals surface area contributed by atoms with E-state index in [0.29, 0.717) is 13.0 Å². The Bertz CT molecular complexity index is 257. The average Bonchev–Trinajstić information content (AvgIpc) is 2.62. The lowest BCUT2D eigenvalue weighted by Gasteiger charge is -2.16. The number of methoxy groups -OCH3 is 1. The molecule has 1 aliphatic rings. The van der Waals surface area contributed by atoms with Gasteiger partial charge in [-0.3, -0.25) is 9.59 Å². The molecule has 0 spiro atoms. The molecular formula is C10H18N2O4. The summed E-state index contributed by atoms with van der Waals surface area (Å²) >= 11 is 0. The van der Waals surface area contributed by atoms with E-state index in [1.807, 2.05) is 0 Å². The van der Waals surface area contributed by atoms with Crippen molar-refractivity contribution >= 4 is 11.8 Å². The molecule has 92 valence electrons. The normalized spacial score (nSPS) is 17.6. The third kappa shape index (κ3) is 4.16. The van der Waals surface area contributed by atoms with E-state index in [-0.39, 0.29) is 31.5 Å². The van der Waals surface area contributed by atoms with Crippen LogP contribution < -0.4 is 5.32 Å². The molecule has 0 radical (unpaired) electrons. The van der Waals surface area contributed by atoms with Crippen molar-refractivity contribution in [3.05, 3.63) is 0 Å². The maximum Gasteiger partial charge on any atom is 0.239 e. The van der Waals surface area contributed by atoms with Crippen LogP contribution in [0.2, 0.25) is 0 Å². The van der Waals surface area contributed by atoms with Crippen LogP contribution in [0.15, 0.2) is 0 Å². The van der Waals surface area contributed by atoms with E-state index in [1.54, 1.807) is 0 Å². The number of aliphatic hydroxyl groups is 1. The number of nitrogens with one attached hydrogen (secondary N) is 1. The van der Waals surface area contributed by atoms with Gasteiger partial charge in [0.2, 0.25) is 11.8 Å². The Morgan fingerprint density at radius 1 is 1.69 bits per heavy atom. The van der Waals surface area contributed by atoms with Crippen molar-refractivity contribution in [2.75, 3.05) is 33.4 Å². The van der Waals surface area contributed by atoms with Crippen LogP contribution in [0.25, 0.3) is 0 Å². The molecule has 1 rings (SSSR count). The van der Waals surface area contributed by atoms with Gasteiger partial charge in [0.25, 0.3) is 0 Å². The molecule has 0 aromatic rings. The van der Waals surface area contributed by atoms with Gasteiger partial charge in [0.1, 0.15) is 0 Å². The number of carbonyl (C=O) groups is 2. The minimum absolute atomic E-state index is 0.0209. The highest BCUT2D eigenvalue weighted by atomic mass is 16.5. The summed E-state index contributed by atoms with van der Waals surface area (Å²) in [5.41, 5.74) is 0. The highest BCUT2D eigenvalue weighted by Gasteiger charge is 2.22. The molecule has 1 saturated heterocycles. The Morgan fingerprint density at radius 3 is 3.00 bits per heavy atom. The minimum atomic E-state index is -0.705. The van der Waals surface area contributed by atoms with Gasteiger partial charge in [0, 0.05) is 26.6 Å². The topological polar surface area (TPSA) is 78.9 Å². The molecule has 6 nitrogen and oxygen atoms in total. The van der Waals surface area contributed by atoms with E-state index in [4.69, 9.17) is 4.74 Å². The van der Waals surface area contributed by atoms with Crippen LogP contribution in [0.5, 0.6) is 0 Å². The van der Waals surface area contributed by atoms with Gasteiger partial charge in [-0.15, -0.1) is 0 Å². The molecule has 1 fully saturated rings. The van der Waals surface area contributed by atoms with Crippen LogP contribution in [0, 0.1) is 0 Å². The number of hydrogen-bond acceptors (Lipinski definition) is 4. The van der Waals surface area contributed by atoms with Crippen LogP contribution in [0.1, 0.15) is 12.8 Å². The second-order valence-electron chi connectivity index (χ2n) is 3.83. The van der Waals surface area contributed by atoms with Crippen LogP contribution in [-0.2, 0) is 14.3 Å². The van der Waals surface area contributed by atoms with E-state index < -0.39 is 6.10 Å². The predicted octanol–water partition coefficient (Wildman–Crippen LogP) is -1.27. The second kappa shape index (κ2) is 6.44. The molecule has 0 aliphatic carbocycles. The second-order valence-corrected chi connectivity index (χ2v) is 3.83. The van der Waals surface area contributed by atoms with Gasteiger partial charge in [-0.25, -0.2) is 0 Å².